The predicted molar refractivity (Wildman–Crippen MR) is 75.6 cm³/mol. The molecule has 18 heavy (non-hydrogen) atoms. The van der Waals surface area contributed by atoms with Crippen molar-refractivity contribution < 1.29 is 4.39 Å². The van der Waals surface area contributed by atoms with Crippen molar-refractivity contribution in [3.63, 3.8) is 0 Å². The van der Waals surface area contributed by atoms with E-state index in [9.17, 15) is 4.39 Å². The van der Waals surface area contributed by atoms with Crippen LogP contribution in [0.15, 0.2) is 24.3 Å². The van der Waals surface area contributed by atoms with Crippen LogP contribution in [0.4, 0.5) is 9.52 Å². The van der Waals surface area contributed by atoms with Gasteiger partial charge in [-0.25, -0.2) is 9.37 Å². The molecule has 0 bridgehead atoms. The van der Waals surface area contributed by atoms with E-state index in [2.05, 4.69) is 24.1 Å². The van der Waals surface area contributed by atoms with Crippen molar-refractivity contribution in [2.45, 2.75) is 20.8 Å². The molecule has 2 nitrogen and oxygen atoms in total. The summed E-state index contributed by atoms with van der Waals surface area (Å²) in [6.07, 6.45) is 0. The molecule has 2 aromatic rings. The first-order valence-corrected chi connectivity index (χ1v) is 6.85. The van der Waals surface area contributed by atoms with E-state index in [1.165, 1.54) is 17.4 Å². The molecule has 0 spiro atoms. The zero-order valence-corrected chi connectivity index (χ0v) is 11.6. The van der Waals surface area contributed by atoms with Gasteiger partial charge < -0.3 is 5.32 Å². The summed E-state index contributed by atoms with van der Waals surface area (Å²) in [4.78, 5) is 5.34. The molecule has 1 aromatic carbocycles. The topological polar surface area (TPSA) is 24.9 Å². The van der Waals surface area contributed by atoms with Gasteiger partial charge in [0.15, 0.2) is 5.13 Å². The van der Waals surface area contributed by atoms with Crippen molar-refractivity contribution in [1.82, 2.24) is 4.98 Å². The molecule has 0 unspecified atom stereocenters. The molecule has 0 saturated heterocycles. The smallest absolute Gasteiger partial charge is 0.183 e. The van der Waals surface area contributed by atoms with E-state index in [1.54, 1.807) is 12.1 Å². The SMILES string of the molecule is Cc1nc(NCC(C)C)sc1-c1ccccc1F. The summed E-state index contributed by atoms with van der Waals surface area (Å²) < 4.78 is 13.7. The molecule has 0 aliphatic heterocycles. The normalized spacial score (nSPS) is 10.9. The molecular formula is C14H17FN2S. The van der Waals surface area contributed by atoms with Gasteiger partial charge in [0.2, 0.25) is 0 Å². The summed E-state index contributed by atoms with van der Waals surface area (Å²) >= 11 is 1.51. The minimum absolute atomic E-state index is 0.195. The Balaban J connectivity index is 2.27. The maximum Gasteiger partial charge on any atom is 0.183 e. The molecule has 1 aromatic heterocycles. The molecule has 0 amide bonds. The van der Waals surface area contributed by atoms with Gasteiger partial charge in [0.05, 0.1) is 10.6 Å². The monoisotopic (exact) mass is 264 g/mol. The van der Waals surface area contributed by atoms with Gasteiger partial charge in [-0.3, -0.25) is 0 Å². The Bertz CT molecular complexity index is 534. The number of nitrogens with one attached hydrogen (secondary N) is 1. The van der Waals surface area contributed by atoms with Gasteiger partial charge >= 0.3 is 0 Å². The van der Waals surface area contributed by atoms with Crippen LogP contribution >= 0.6 is 11.3 Å². The zero-order chi connectivity index (χ0) is 13.1. The Hall–Kier alpha value is -1.42. The number of hydrogen-bond donors (Lipinski definition) is 1. The van der Waals surface area contributed by atoms with Crippen molar-refractivity contribution in [2.24, 2.45) is 5.92 Å². The second kappa shape index (κ2) is 5.48. The van der Waals surface area contributed by atoms with Crippen molar-refractivity contribution in [2.75, 3.05) is 11.9 Å². The van der Waals surface area contributed by atoms with Crippen molar-refractivity contribution >= 4 is 16.5 Å². The predicted octanol–water partition coefficient (Wildman–Crippen LogP) is 4.33. The van der Waals surface area contributed by atoms with Crippen LogP contribution in [0.1, 0.15) is 19.5 Å². The van der Waals surface area contributed by atoms with Crippen LogP contribution in [0.2, 0.25) is 0 Å². The number of hydrogen-bond acceptors (Lipinski definition) is 3. The Morgan fingerprint density at radius 3 is 2.72 bits per heavy atom. The molecule has 96 valence electrons. The molecule has 0 atom stereocenters. The fourth-order valence-electron chi connectivity index (χ4n) is 1.66. The first-order valence-electron chi connectivity index (χ1n) is 6.04. The highest BCUT2D eigenvalue weighted by atomic mass is 32.1. The molecule has 1 N–H and O–H groups in total. The van der Waals surface area contributed by atoms with E-state index in [-0.39, 0.29) is 5.82 Å². The van der Waals surface area contributed by atoms with E-state index < -0.39 is 0 Å². The molecule has 0 aliphatic rings. The van der Waals surface area contributed by atoms with Gasteiger partial charge in [-0.2, -0.15) is 0 Å². The lowest BCUT2D eigenvalue weighted by Gasteiger charge is -2.04. The maximum atomic E-state index is 13.7. The lowest BCUT2D eigenvalue weighted by molar-refractivity contribution is 0.631. The number of benzene rings is 1. The molecule has 2 rings (SSSR count). The fraction of sp³-hybridized carbons (Fsp3) is 0.357. The van der Waals surface area contributed by atoms with E-state index in [0.29, 0.717) is 11.5 Å². The Morgan fingerprint density at radius 2 is 2.06 bits per heavy atom. The summed E-state index contributed by atoms with van der Waals surface area (Å²) in [7, 11) is 0. The zero-order valence-electron chi connectivity index (χ0n) is 10.8. The summed E-state index contributed by atoms with van der Waals surface area (Å²) in [5, 5.41) is 4.14. The number of nitrogens with zero attached hydrogens (tertiary/aromatic N) is 1. The molecule has 0 aliphatic carbocycles. The van der Waals surface area contributed by atoms with Gasteiger partial charge in [-0.1, -0.05) is 43.4 Å². The van der Waals surface area contributed by atoms with Crippen LogP contribution in [0.3, 0.4) is 0 Å². The van der Waals surface area contributed by atoms with Crippen LogP contribution < -0.4 is 5.32 Å². The minimum Gasteiger partial charge on any atom is -0.361 e. The summed E-state index contributed by atoms with van der Waals surface area (Å²) in [5.74, 6) is 0.366. The van der Waals surface area contributed by atoms with Crippen molar-refractivity contribution in [3.05, 3.63) is 35.8 Å². The summed E-state index contributed by atoms with van der Waals surface area (Å²) in [6, 6.07) is 6.82. The van der Waals surface area contributed by atoms with Gasteiger partial charge in [-0.05, 0) is 18.9 Å². The van der Waals surface area contributed by atoms with Crippen LogP contribution in [-0.4, -0.2) is 11.5 Å². The lowest BCUT2D eigenvalue weighted by Crippen LogP contribution is -2.07. The highest BCUT2D eigenvalue weighted by Crippen LogP contribution is 2.34. The first-order chi connectivity index (χ1) is 8.58. The molecule has 0 fully saturated rings. The molecule has 0 saturated carbocycles. The van der Waals surface area contributed by atoms with E-state index in [1.807, 2.05) is 13.0 Å². The van der Waals surface area contributed by atoms with Gasteiger partial charge in [0, 0.05) is 12.1 Å². The van der Waals surface area contributed by atoms with E-state index >= 15 is 0 Å². The average molecular weight is 264 g/mol. The lowest BCUT2D eigenvalue weighted by atomic mass is 10.1. The molecule has 1 heterocycles. The van der Waals surface area contributed by atoms with Gasteiger partial charge in [-0.15, -0.1) is 0 Å². The summed E-state index contributed by atoms with van der Waals surface area (Å²) in [6.45, 7) is 7.08. The van der Waals surface area contributed by atoms with E-state index in [4.69, 9.17) is 0 Å². The van der Waals surface area contributed by atoms with Crippen LogP contribution in [0.5, 0.6) is 0 Å². The van der Waals surface area contributed by atoms with Crippen LogP contribution in [-0.2, 0) is 0 Å². The van der Waals surface area contributed by atoms with Crippen LogP contribution in [0, 0.1) is 18.7 Å². The summed E-state index contributed by atoms with van der Waals surface area (Å²) in [5.41, 5.74) is 1.50. The third kappa shape index (κ3) is 2.88. The number of halogens is 1. The van der Waals surface area contributed by atoms with Gasteiger partial charge in [0.25, 0.3) is 0 Å². The quantitative estimate of drug-likeness (QED) is 0.889. The molecular weight excluding hydrogens is 247 g/mol. The Labute approximate surface area is 111 Å². The molecule has 0 radical (unpaired) electrons. The minimum atomic E-state index is -0.195. The standard InChI is InChI=1S/C14H17FN2S/c1-9(2)8-16-14-17-10(3)13(18-14)11-6-4-5-7-12(11)15/h4-7,9H,8H2,1-3H3,(H,16,17). The number of thiazole rings is 1. The van der Waals surface area contributed by atoms with E-state index in [0.717, 1.165) is 22.2 Å². The maximum absolute atomic E-state index is 13.7. The van der Waals surface area contributed by atoms with Gasteiger partial charge in [0.1, 0.15) is 5.82 Å². The number of aryl methyl sites for hydroxylation is 1. The second-order valence-electron chi connectivity index (χ2n) is 4.69. The molecule has 4 heteroatoms. The first kappa shape index (κ1) is 13.0. The van der Waals surface area contributed by atoms with Crippen LogP contribution in [0.25, 0.3) is 10.4 Å². The van der Waals surface area contributed by atoms with Crippen molar-refractivity contribution in [1.29, 1.82) is 0 Å². The Kier molecular flexibility index (Phi) is 3.97. The third-order valence-corrected chi connectivity index (χ3v) is 3.73. The van der Waals surface area contributed by atoms with Crippen molar-refractivity contribution in [3.8, 4) is 10.4 Å². The number of anilines is 1. The Morgan fingerprint density at radius 1 is 1.33 bits per heavy atom. The number of aromatic nitrogens is 1. The highest BCUT2D eigenvalue weighted by molar-refractivity contribution is 7.19. The highest BCUT2D eigenvalue weighted by Gasteiger charge is 2.12. The largest absolute Gasteiger partial charge is 0.361 e. The fourth-order valence-corrected chi connectivity index (χ4v) is 2.66. The third-order valence-electron chi connectivity index (χ3n) is 2.58. The number of rotatable bonds is 4. The second-order valence-corrected chi connectivity index (χ2v) is 5.69. The average Bonchev–Trinajstić information content (AvgIpc) is 2.69.